The van der Waals surface area contributed by atoms with Crippen LogP contribution in [0.1, 0.15) is 42.5 Å². The lowest BCUT2D eigenvalue weighted by Gasteiger charge is -2.33. The van der Waals surface area contributed by atoms with E-state index in [-0.39, 0.29) is 24.1 Å². The Labute approximate surface area is 185 Å². The average molecular weight is 428 g/mol. The number of likely N-dealkylation sites (tertiary alicyclic amines) is 1. The third-order valence-electron chi connectivity index (χ3n) is 5.95. The van der Waals surface area contributed by atoms with Crippen LogP contribution < -0.4 is 5.56 Å². The van der Waals surface area contributed by atoms with Crippen molar-refractivity contribution in [2.24, 2.45) is 0 Å². The lowest BCUT2D eigenvalue weighted by Crippen LogP contribution is -2.42. The Morgan fingerprint density at radius 1 is 1.03 bits per heavy atom. The summed E-state index contributed by atoms with van der Waals surface area (Å²) < 4.78 is 7.29. The van der Waals surface area contributed by atoms with E-state index in [0.717, 1.165) is 36.0 Å². The van der Waals surface area contributed by atoms with Gasteiger partial charge in [-0.2, -0.15) is 5.10 Å². The van der Waals surface area contributed by atoms with Crippen LogP contribution in [0.4, 0.5) is 0 Å². The highest BCUT2D eigenvalue weighted by Gasteiger charge is 2.31. The van der Waals surface area contributed by atoms with E-state index in [4.69, 9.17) is 4.42 Å². The number of amides is 1. The Morgan fingerprint density at radius 3 is 2.72 bits per heavy atom. The molecule has 1 aliphatic rings. The standard InChI is InChI=1S/C25H24N4O3/c30-23(17-29-25(31)21-11-5-4-10-19(21)15-27-29)28-13-7-6-12-22(28)24-26-16-20(32-24)14-18-8-2-1-3-9-18/h1-5,8-11,15-16,22H,6-7,12-14,17H2/t22-/m1/s1. The lowest BCUT2D eigenvalue weighted by molar-refractivity contribution is -0.136. The number of benzene rings is 2. The van der Waals surface area contributed by atoms with Gasteiger partial charge >= 0.3 is 0 Å². The minimum absolute atomic E-state index is 0.0995. The molecule has 0 spiro atoms. The molecule has 0 unspecified atom stereocenters. The summed E-state index contributed by atoms with van der Waals surface area (Å²) in [6.45, 7) is 0.514. The van der Waals surface area contributed by atoms with Crippen molar-refractivity contribution in [2.75, 3.05) is 6.54 Å². The second-order valence-electron chi connectivity index (χ2n) is 8.12. The molecule has 7 heteroatoms. The summed E-state index contributed by atoms with van der Waals surface area (Å²) in [5.74, 6) is 1.18. The highest BCUT2D eigenvalue weighted by atomic mass is 16.4. The average Bonchev–Trinajstić information content (AvgIpc) is 3.30. The molecule has 0 aliphatic carbocycles. The van der Waals surface area contributed by atoms with Crippen molar-refractivity contribution in [3.8, 4) is 0 Å². The SMILES string of the molecule is O=C(Cn1ncc2ccccc2c1=O)N1CCCC[C@@H]1c1ncc(Cc2ccccc2)o1. The molecule has 0 N–H and O–H groups in total. The number of aromatic nitrogens is 3. The second-order valence-corrected chi connectivity index (χ2v) is 8.12. The van der Waals surface area contributed by atoms with Crippen LogP contribution in [0.3, 0.4) is 0 Å². The Hall–Kier alpha value is -3.74. The van der Waals surface area contributed by atoms with Crippen molar-refractivity contribution < 1.29 is 9.21 Å². The van der Waals surface area contributed by atoms with Crippen LogP contribution >= 0.6 is 0 Å². The van der Waals surface area contributed by atoms with Crippen molar-refractivity contribution >= 4 is 16.7 Å². The van der Waals surface area contributed by atoms with Gasteiger partial charge in [0.15, 0.2) is 0 Å². The van der Waals surface area contributed by atoms with Crippen molar-refractivity contribution in [1.29, 1.82) is 0 Å². The van der Waals surface area contributed by atoms with Crippen LogP contribution in [0, 0.1) is 0 Å². The number of piperidine rings is 1. The van der Waals surface area contributed by atoms with E-state index in [1.54, 1.807) is 23.4 Å². The molecular weight excluding hydrogens is 404 g/mol. The van der Waals surface area contributed by atoms with Gasteiger partial charge in [0.05, 0.1) is 17.8 Å². The fourth-order valence-electron chi connectivity index (χ4n) is 4.30. The predicted molar refractivity (Wildman–Crippen MR) is 120 cm³/mol. The first kappa shape index (κ1) is 20.2. The van der Waals surface area contributed by atoms with Crippen molar-refractivity contribution in [3.05, 3.63) is 94.6 Å². The zero-order valence-corrected chi connectivity index (χ0v) is 17.7. The molecular formula is C25H24N4O3. The van der Waals surface area contributed by atoms with Crippen molar-refractivity contribution in [2.45, 2.75) is 38.3 Å². The molecule has 0 saturated carbocycles. The normalized spacial score (nSPS) is 16.4. The van der Waals surface area contributed by atoms with Crippen LogP contribution in [0.25, 0.3) is 10.8 Å². The Morgan fingerprint density at radius 2 is 1.84 bits per heavy atom. The van der Waals surface area contributed by atoms with E-state index >= 15 is 0 Å². The van der Waals surface area contributed by atoms with Gasteiger partial charge in [0.25, 0.3) is 5.56 Å². The molecule has 0 radical (unpaired) electrons. The molecule has 2 aromatic carbocycles. The maximum absolute atomic E-state index is 13.2. The van der Waals surface area contributed by atoms with Gasteiger partial charge in [0.1, 0.15) is 18.3 Å². The van der Waals surface area contributed by atoms with Gasteiger partial charge in [-0.1, -0.05) is 48.5 Å². The van der Waals surface area contributed by atoms with Gasteiger partial charge in [0.2, 0.25) is 11.8 Å². The van der Waals surface area contributed by atoms with Crippen LogP contribution in [0.15, 0.2) is 76.2 Å². The highest BCUT2D eigenvalue weighted by Crippen LogP contribution is 2.31. The van der Waals surface area contributed by atoms with E-state index in [2.05, 4.69) is 10.1 Å². The maximum Gasteiger partial charge on any atom is 0.275 e. The number of rotatable bonds is 5. The molecule has 1 aliphatic heterocycles. The lowest BCUT2D eigenvalue weighted by atomic mass is 10.0. The van der Waals surface area contributed by atoms with Crippen molar-refractivity contribution in [3.63, 3.8) is 0 Å². The van der Waals surface area contributed by atoms with E-state index in [1.165, 1.54) is 4.68 Å². The zero-order valence-electron chi connectivity index (χ0n) is 17.7. The van der Waals surface area contributed by atoms with Crippen LogP contribution in [-0.4, -0.2) is 32.1 Å². The fourth-order valence-corrected chi connectivity index (χ4v) is 4.30. The van der Waals surface area contributed by atoms with Gasteiger partial charge in [-0.25, -0.2) is 9.67 Å². The Kier molecular flexibility index (Phi) is 5.54. The second kappa shape index (κ2) is 8.78. The molecule has 162 valence electrons. The van der Waals surface area contributed by atoms with Crippen molar-refractivity contribution in [1.82, 2.24) is 19.7 Å². The molecule has 4 aromatic rings. The fraction of sp³-hybridized carbons (Fsp3) is 0.280. The third kappa shape index (κ3) is 4.06. The molecule has 0 bridgehead atoms. The molecule has 1 saturated heterocycles. The van der Waals surface area contributed by atoms with E-state index in [9.17, 15) is 9.59 Å². The van der Waals surface area contributed by atoms with E-state index in [1.807, 2.05) is 48.5 Å². The largest absolute Gasteiger partial charge is 0.443 e. The predicted octanol–water partition coefficient (Wildman–Crippen LogP) is 3.73. The Bertz CT molecular complexity index is 1300. The first-order valence-electron chi connectivity index (χ1n) is 10.9. The molecule has 1 fully saturated rings. The first-order chi connectivity index (χ1) is 15.7. The topological polar surface area (TPSA) is 81.2 Å². The van der Waals surface area contributed by atoms with Gasteiger partial charge in [-0.3, -0.25) is 9.59 Å². The Balaban J connectivity index is 1.35. The molecule has 32 heavy (non-hydrogen) atoms. The number of carbonyl (C=O) groups excluding carboxylic acids is 1. The number of oxazole rings is 1. The molecule has 1 atom stereocenters. The molecule has 3 heterocycles. The summed E-state index contributed by atoms with van der Waals surface area (Å²) >= 11 is 0. The molecule has 2 aromatic heterocycles. The number of carbonyl (C=O) groups is 1. The first-order valence-corrected chi connectivity index (χ1v) is 10.9. The van der Waals surface area contributed by atoms with Crippen LogP contribution in [0.5, 0.6) is 0 Å². The minimum atomic E-state index is -0.258. The minimum Gasteiger partial charge on any atom is -0.443 e. The van der Waals surface area contributed by atoms with Gasteiger partial charge < -0.3 is 9.32 Å². The van der Waals surface area contributed by atoms with E-state index < -0.39 is 0 Å². The smallest absolute Gasteiger partial charge is 0.275 e. The van der Waals surface area contributed by atoms with Gasteiger partial charge in [0, 0.05) is 18.4 Å². The summed E-state index contributed by atoms with van der Waals surface area (Å²) in [5, 5.41) is 5.53. The zero-order chi connectivity index (χ0) is 21.9. The number of fused-ring (bicyclic) bond motifs is 1. The molecule has 1 amide bonds. The molecule has 5 rings (SSSR count). The summed E-state index contributed by atoms with van der Waals surface area (Å²) in [6.07, 6.45) is 6.73. The van der Waals surface area contributed by atoms with E-state index in [0.29, 0.717) is 24.2 Å². The maximum atomic E-state index is 13.2. The number of nitrogens with zero attached hydrogens (tertiary/aromatic N) is 4. The summed E-state index contributed by atoms with van der Waals surface area (Å²) in [7, 11) is 0. The summed E-state index contributed by atoms with van der Waals surface area (Å²) in [5.41, 5.74) is 0.889. The number of hydrogen-bond acceptors (Lipinski definition) is 5. The summed E-state index contributed by atoms with van der Waals surface area (Å²) in [6, 6.07) is 17.1. The number of hydrogen-bond donors (Lipinski definition) is 0. The summed E-state index contributed by atoms with van der Waals surface area (Å²) in [4.78, 5) is 32.2. The van der Waals surface area contributed by atoms with Gasteiger partial charge in [-0.05, 0) is 30.9 Å². The molecule has 7 nitrogen and oxygen atoms in total. The van der Waals surface area contributed by atoms with Gasteiger partial charge in [-0.15, -0.1) is 0 Å². The highest BCUT2D eigenvalue weighted by molar-refractivity contribution is 5.81. The monoisotopic (exact) mass is 428 g/mol. The quantitative estimate of drug-likeness (QED) is 0.484. The third-order valence-corrected chi connectivity index (χ3v) is 5.95. The van der Waals surface area contributed by atoms with Crippen LogP contribution in [-0.2, 0) is 17.8 Å². The van der Waals surface area contributed by atoms with Crippen LogP contribution in [0.2, 0.25) is 0 Å².